The highest BCUT2D eigenvalue weighted by molar-refractivity contribution is 5.95. The number of nitrogens with zero attached hydrogens (tertiary/aromatic N) is 5. The Balaban J connectivity index is 2.04. The summed E-state index contributed by atoms with van der Waals surface area (Å²) >= 11 is 0. The summed E-state index contributed by atoms with van der Waals surface area (Å²) in [5.74, 6) is 0.685. The standard InChI is InChI=1S/C13H12N6O2/c1-18-8-16-17-12(18)7-15-13-9-4-2-3-5-10(9)14-6-11(13)19(20)21/h2-6,8H,7H2,1H3,(H,14,15). The first-order valence-electron chi connectivity index (χ1n) is 6.25. The Bertz CT molecular complexity index is 813. The van der Waals surface area contributed by atoms with Crippen molar-refractivity contribution in [3.05, 3.63) is 52.7 Å². The van der Waals surface area contributed by atoms with E-state index in [2.05, 4.69) is 20.5 Å². The zero-order chi connectivity index (χ0) is 14.8. The summed E-state index contributed by atoms with van der Waals surface area (Å²) in [6.07, 6.45) is 2.84. The number of pyridine rings is 1. The Morgan fingerprint density at radius 3 is 2.90 bits per heavy atom. The maximum atomic E-state index is 11.2. The van der Waals surface area contributed by atoms with E-state index in [0.29, 0.717) is 29.0 Å². The lowest BCUT2D eigenvalue weighted by atomic mass is 10.1. The molecule has 0 radical (unpaired) electrons. The van der Waals surface area contributed by atoms with Crippen molar-refractivity contribution in [1.29, 1.82) is 0 Å². The van der Waals surface area contributed by atoms with Crippen molar-refractivity contribution in [2.45, 2.75) is 6.54 Å². The third-order valence-electron chi connectivity index (χ3n) is 3.18. The van der Waals surface area contributed by atoms with Crippen LogP contribution >= 0.6 is 0 Å². The summed E-state index contributed by atoms with van der Waals surface area (Å²) in [7, 11) is 1.82. The first kappa shape index (κ1) is 13.0. The average Bonchev–Trinajstić information content (AvgIpc) is 2.89. The van der Waals surface area contributed by atoms with E-state index in [4.69, 9.17) is 0 Å². The number of hydrogen-bond donors (Lipinski definition) is 1. The van der Waals surface area contributed by atoms with Crippen molar-refractivity contribution in [3.8, 4) is 0 Å². The molecule has 0 aliphatic rings. The highest BCUT2D eigenvalue weighted by Crippen LogP contribution is 2.31. The maximum absolute atomic E-state index is 11.2. The molecule has 0 unspecified atom stereocenters. The second-order valence-corrected chi connectivity index (χ2v) is 4.50. The lowest BCUT2D eigenvalue weighted by Crippen LogP contribution is -2.08. The molecule has 3 aromatic rings. The van der Waals surface area contributed by atoms with Crippen LogP contribution in [-0.4, -0.2) is 24.7 Å². The monoisotopic (exact) mass is 284 g/mol. The lowest BCUT2D eigenvalue weighted by Gasteiger charge is -2.09. The van der Waals surface area contributed by atoms with Crippen molar-refractivity contribution in [1.82, 2.24) is 19.7 Å². The number of nitrogens with one attached hydrogen (secondary N) is 1. The number of fused-ring (bicyclic) bond motifs is 1. The van der Waals surface area contributed by atoms with E-state index in [9.17, 15) is 10.1 Å². The van der Waals surface area contributed by atoms with Crippen LogP contribution in [0, 0.1) is 10.1 Å². The van der Waals surface area contributed by atoms with Crippen LogP contribution < -0.4 is 5.32 Å². The summed E-state index contributed by atoms with van der Waals surface area (Å²) in [5, 5.41) is 22.7. The van der Waals surface area contributed by atoms with E-state index >= 15 is 0 Å². The van der Waals surface area contributed by atoms with E-state index in [1.165, 1.54) is 6.20 Å². The third kappa shape index (κ3) is 2.38. The molecule has 8 nitrogen and oxygen atoms in total. The summed E-state index contributed by atoms with van der Waals surface area (Å²) < 4.78 is 1.75. The normalized spacial score (nSPS) is 10.7. The van der Waals surface area contributed by atoms with Crippen LogP contribution in [0.4, 0.5) is 11.4 Å². The molecule has 0 saturated carbocycles. The highest BCUT2D eigenvalue weighted by atomic mass is 16.6. The van der Waals surface area contributed by atoms with E-state index in [0.717, 1.165) is 0 Å². The summed E-state index contributed by atoms with van der Waals surface area (Å²) in [6.45, 7) is 0.339. The van der Waals surface area contributed by atoms with Crippen LogP contribution in [0.1, 0.15) is 5.82 Å². The molecule has 8 heteroatoms. The van der Waals surface area contributed by atoms with Gasteiger partial charge in [0.05, 0.1) is 17.0 Å². The van der Waals surface area contributed by atoms with Gasteiger partial charge in [0.25, 0.3) is 0 Å². The van der Waals surface area contributed by atoms with Crippen molar-refractivity contribution >= 4 is 22.3 Å². The van der Waals surface area contributed by atoms with Gasteiger partial charge < -0.3 is 9.88 Å². The fourth-order valence-corrected chi connectivity index (χ4v) is 2.09. The Labute approximate surface area is 119 Å². The summed E-state index contributed by atoms with van der Waals surface area (Å²) in [6, 6.07) is 7.27. The Kier molecular flexibility index (Phi) is 3.19. The Morgan fingerprint density at radius 2 is 2.19 bits per heavy atom. The van der Waals surface area contributed by atoms with Gasteiger partial charge in [-0.05, 0) is 6.07 Å². The molecule has 0 spiro atoms. The van der Waals surface area contributed by atoms with Gasteiger partial charge in [0.1, 0.15) is 18.2 Å². The first-order valence-corrected chi connectivity index (χ1v) is 6.25. The van der Waals surface area contributed by atoms with Crippen LogP contribution in [0.3, 0.4) is 0 Å². The molecule has 3 rings (SSSR count). The summed E-state index contributed by atoms with van der Waals surface area (Å²) in [5.41, 5.74) is 1.08. The number of para-hydroxylation sites is 1. The van der Waals surface area contributed by atoms with E-state index < -0.39 is 4.92 Å². The second kappa shape index (κ2) is 5.16. The number of anilines is 1. The molecule has 0 bridgehead atoms. The molecule has 0 saturated heterocycles. The van der Waals surface area contributed by atoms with Crippen LogP contribution in [0.15, 0.2) is 36.8 Å². The molecule has 2 heterocycles. The van der Waals surface area contributed by atoms with Crippen molar-refractivity contribution in [3.63, 3.8) is 0 Å². The SMILES string of the molecule is Cn1cnnc1CNc1c([N+](=O)[O-])cnc2ccccc12. The van der Waals surface area contributed by atoms with Gasteiger partial charge in [-0.3, -0.25) is 10.1 Å². The van der Waals surface area contributed by atoms with Crippen LogP contribution in [-0.2, 0) is 13.6 Å². The van der Waals surface area contributed by atoms with Gasteiger partial charge in [-0.2, -0.15) is 0 Å². The molecule has 1 N–H and O–H groups in total. The third-order valence-corrected chi connectivity index (χ3v) is 3.18. The van der Waals surface area contributed by atoms with Gasteiger partial charge in [-0.15, -0.1) is 10.2 Å². The number of hydrogen-bond acceptors (Lipinski definition) is 6. The van der Waals surface area contributed by atoms with Crippen molar-refractivity contribution < 1.29 is 4.92 Å². The van der Waals surface area contributed by atoms with Crippen molar-refractivity contribution in [2.75, 3.05) is 5.32 Å². The van der Waals surface area contributed by atoms with E-state index in [1.54, 1.807) is 17.0 Å². The zero-order valence-corrected chi connectivity index (χ0v) is 11.2. The molecule has 0 atom stereocenters. The predicted octanol–water partition coefficient (Wildman–Crippen LogP) is 1.88. The highest BCUT2D eigenvalue weighted by Gasteiger charge is 2.18. The van der Waals surface area contributed by atoms with Crippen molar-refractivity contribution in [2.24, 2.45) is 7.05 Å². The van der Waals surface area contributed by atoms with Gasteiger partial charge in [-0.25, -0.2) is 4.98 Å². The van der Waals surface area contributed by atoms with Gasteiger partial charge in [0, 0.05) is 12.4 Å². The fraction of sp³-hybridized carbons (Fsp3) is 0.154. The minimum absolute atomic E-state index is 0.0594. The molecular weight excluding hydrogens is 272 g/mol. The first-order chi connectivity index (χ1) is 10.2. The predicted molar refractivity (Wildman–Crippen MR) is 76.7 cm³/mol. The lowest BCUT2D eigenvalue weighted by molar-refractivity contribution is -0.384. The van der Waals surface area contributed by atoms with Gasteiger partial charge in [0.2, 0.25) is 0 Å². The molecular formula is C13H12N6O2. The molecule has 0 aliphatic heterocycles. The minimum atomic E-state index is -0.446. The fourth-order valence-electron chi connectivity index (χ4n) is 2.09. The Hall–Kier alpha value is -3.03. The number of nitro groups is 1. The van der Waals surface area contributed by atoms with E-state index in [1.807, 2.05) is 25.2 Å². The van der Waals surface area contributed by atoms with Crippen LogP contribution in [0.5, 0.6) is 0 Å². The largest absolute Gasteiger partial charge is 0.372 e. The van der Waals surface area contributed by atoms with Gasteiger partial charge >= 0.3 is 5.69 Å². The number of aromatic nitrogens is 4. The Morgan fingerprint density at radius 1 is 1.38 bits per heavy atom. The van der Waals surface area contributed by atoms with Crippen LogP contribution in [0.2, 0.25) is 0 Å². The number of aryl methyl sites for hydroxylation is 1. The molecule has 1 aromatic carbocycles. The average molecular weight is 284 g/mol. The smallest absolute Gasteiger partial charge is 0.311 e. The van der Waals surface area contributed by atoms with Gasteiger partial charge in [-0.1, -0.05) is 18.2 Å². The second-order valence-electron chi connectivity index (χ2n) is 4.50. The van der Waals surface area contributed by atoms with Gasteiger partial charge in [0.15, 0.2) is 5.82 Å². The molecule has 2 aromatic heterocycles. The molecule has 106 valence electrons. The molecule has 0 fully saturated rings. The molecule has 0 aliphatic carbocycles. The number of benzene rings is 1. The maximum Gasteiger partial charge on any atom is 0.311 e. The minimum Gasteiger partial charge on any atom is -0.372 e. The zero-order valence-electron chi connectivity index (χ0n) is 11.2. The molecule has 0 amide bonds. The van der Waals surface area contributed by atoms with Crippen LogP contribution in [0.25, 0.3) is 10.9 Å². The number of rotatable bonds is 4. The topological polar surface area (TPSA) is 98.8 Å². The quantitative estimate of drug-likeness (QED) is 0.580. The molecule has 21 heavy (non-hydrogen) atoms. The van der Waals surface area contributed by atoms with E-state index in [-0.39, 0.29) is 5.69 Å². The summed E-state index contributed by atoms with van der Waals surface area (Å²) in [4.78, 5) is 14.9.